The molecule has 0 spiro atoms. The van der Waals surface area contributed by atoms with Crippen LogP contribution in [0.4, 0.5) is 5.69 Å². The summed E-state index contributed by atoms with van der Waals surface area (Å²) in [6.45, 7) is 1.41. The lowest BCUT2D eigenvalue weighted by atomic mass is 10.2. The molecule has 0 aliphatic carbocycles. The van der Waals surface area contributed by atoms with Gasteiger partial charge in [-0.25, -0.2) is 0 Å². The Hall–Kier alpha value is -1.79. The fourth-order valence-electron chi connectivity index (χ4n) is 2.55. The van der Waals surface area contributed by atoms with Gasteiger partial charge in [0.2, 0.25) is 11.8 Å². The van der Waals surface area contributed by atoms with Crippen molar-refractivity contribution in [2.24, 2.45) is 0 Å². The molecule has 6 nitrogen and oxygen atoms in total. The first-order valence-electron chi connectivity index (χ1n) is 8.09. The van der Waals surface area contributed by atoms with Crippen LogP contribution in [0.15, 0.2) is 18.2 Å². The Kier molecular flexibility index (Phi) is 7.34. The Morgan fingerprint density at radius 3 is 2.92 bits per heavy atom. The molecule has 0 atom stereocenters. The zero-order valence-corrected chi connectivity index (χ0v) is 14.6. The van der Waals surface area contributed by atoms with Crippen molar-refractivity contribution in [1.29, 1.82) is 0 Å². The summed E-state index contributed by atoms with van der Waals surface area (Å²) in [7, 11) is 1.58. The summed E-state index contributed by atoms with van der Waals surface area (Å²) in [6.07, 6.45) is 3.36. The van der Waals surface area contributed by atoms with Crippen molar-refractivity contribution in [1.82, 2.24) is 4.90 Å². The molecule has 0 radical (unpaired) electrons. The quantitative estimate of drug-likeness (QED) is 0.764. The Morgan fingerprint density at radius 2 is 2.12 bits per heavy atom. The lowest BCUT2D eigenvalue weighted by molar-refractivity contribution is -0.134. The van der Waals surface area contributed by atoms with E-state index in [1.165, 1.54) is 0 Å². The van der Waals surface area contributed by atoms with Crippen LogP contribution in [0.25, 0.3) is 0 Å². The molecule has 0 aromatic heterocycles. The van der Waals surface area contributed by atoms with Gasteiger partial charge in [0.15, 0.2) is 5.75 Å². The van der Waals surface area contributed by atoms with Crippen LogP contribution in [0.5, 0.6) is 5.75 Å². The van der Waals surface area contributed by atoms with Gasteiger partial charge in [0, 0.05) is 20.1 Å². The number of rotatable bonds is 7. The van der Waals surface area contributed by atoms with Crippen molar-refractivity contribution in [2.75, 3.05) is 38.7 Å². The average Bonchev–Trinajstić information content (AvgIpc) is 2.75. The second-order valence-electron chi connectivity index (χ2n) is 5.63. The van der Waals surface area contributed by atoms with Crippen molar-refractivity contribution < 1.29 is 19.1 Å². The maximum Gasteiger partial charge on any atom is 0.244 e. The lowest BCUT2D eigenvalue weighted by Gasteiger charge is -2.20. The van der Waals surface area contributed by atoms with Gasteiger partial charge in [0.25, 0.3) is 0 Å². The largest absolute Gasteiger partial charge is 0.487 e. The molecule has 0 bridgehead atoms. The molecule has 7 heteroatoms. The predicted octanol–water partition coefficient (Wildman–Crippen LogP) is 2.71. The number of hydrogen-bond donors (Lipinski definition) is 1. The average molecular weight is 355 g/mol. The van der Waals surface area contributed by atoms with Crippen LogP contribution in [0.3, 0.4) is 0 Å². The summed E-state index contributed by atoms with van der Waals surface area (Å²) < 4.78 is 10.5. The number of methoxy groups -OCH3 is 1. The molecule has 0 saturated carbocycles. The Balaban J connectivity index is 2.00. The van der Waals surface area contributed by atoms with Crippen LogP contribution in [-0.4, -0.2) is 50.1 Å². The van der Waals surface area contributed by atoms with Crippen LogP contribution >= 0.6 is 11.6 Å². The number of carbonyl (C=O) groups excluding carboxylic acids is 2. The van der Waals surface area contributed by atoms with Crippen molar-refractivity contribution in [3.8, 4) is 5.75 Å². The van der Waals surface area contributed by atoms with E-state index in [0.29, 0.717) is 42.6 Å². The van der Waals surface area contributed by atoms with E-state index < -0.39 is 0 Å². The molecule has 1 saturated heterocycles. The SMILES string of the molecule is COCCOc1c(Cl)cccc1NC(=O)CN1CCCCCC1=O. The highest BCUT2D eigenvalue weighted by atomic mass is 35.5. The second-order valence-corrected chi connectivity index (χ2v) is 6.04. The van der Waals surface area contributed by atoms with Gasteiger partial charge in [0.1, 0.15) is 6.61 Å². The highest BCUT2D eigenvalue weighted by Gasteiger charge is 2.20. The summed E-state index contributed by atoms with van der Waals surface area (Å²) >= 11 is 6.15. The van der Waals surface area contributed by atoms with Crippen molar-refractivity contribution in [3.63, 3.8) is 0 Å². The highest BCUT2D eigenvalue weighted by Crippen LogP contribution is 2.32. The normalized spacial score (nSPS) is 15.1. The van der Waals surface area contributed by atoms with Crippen molar-refractivity contribution >= 4 is 29.1 Å². The highest BCUT2D eigenvalue weighted by molar-refractivity contribution is 6.32. The zero-order chi connectivity index (χ0) is 17.4. The van der Waals surface area contributed by atoms with Gasteiger partial charge < -0.3 is 19.7 Å². The molecule has 0 unspecified atom stereocenters. The number of carbonyl (C=O) groups is 2. The van der Waals surface area contributed by atoms with Gasteiger partial charge in [-0.05, 0) is 25.0 Å². The minimum absolute atomic E-state index is 0.0327. The Bertz CT molecular complexity index is 580. The van der Waals surface area contributed by atoms with Crippen LogP contribution in [-0.2, 0) is 14.3 Å². The summed E-state index contributed by atoms with van der Waals surface area (Å²) in [6, 6.07) is 5.14. The zero-order valence-electron chi connectivity index (χ0n) is 13.8. The molecular weight excluding hydrogens is 332 g/mol. The van der Waals surface area contributed by atoms with Gasteiger partial charge in [0.05, 0.1) is 23.9 Å². The number of ether oxygens (including phenoxy) is 2. The van der Waals surface area contributed by atoms with E-state index in [0.717, 1.165) is 19.3 Å². The number of nitrogens with one attached hydrogen (secondary N) is 1. The van der Waals surface area contributed by atoms with Crippen LogP contribution in [0.1, 0.15) is 25.7 Å². The molecule has 1 heterocycles. The molecule has 1 aromatic carbocycles. The number of benzene rings is 1. The topological polar surface area (TPSA) is 67.9 Å². The molecule has 132 valence electrons. The third-order valence-corrected chi connectivity index (χ3v) is 4.08. The molecule has 1 aliphatic rings. The third kappa shape index (κ3) is 5.39. The fraction of sp³-hybridized carbons (Fsp3) is 0.529. The molecule has 1 aromatic rings. The number of likely N-dealkylation sites (tertiary alicyclic amines) is 1. The van der Waals surface area contributed by atoms with E-state index in [1.807, 2.05) is 0 Å². The molecule has 24 heavy (non-hydrogen) atoms. The van der Waals surface area contributed by atoms with Crippen LogP contribution in [0.2, 0.25) is 5.02 Å². The first-order chi connectivity index (χ1) is 11.6. The molecule has 2 rings (SSSR count). The van der Waals surface area contributed by atoms with Gasteiger partial charge >= 0.3 is 0 Å². The Labute approximate surface area is 147 Å². The molecule has 2 amide bonds. The predicted molar refractivity (Wildman–Crippen MR) is 92.5 cm³/mol. The van der Waals surface area contributed by atoms with Gasteiger partial charge in [-0.2, -0.15) is 0 Å². The van der Waals surface area contributed by atoms with Crippen LogP contribution in [0, 0.1) is 0 Å². The summed E-state index contributed by atoms with van der Waals surface area (Å²) in [5.74, 6) is 0.182. The minimum atomic E-state index is -0.260. The number of nitrogens with zero attached hydrogens (tertiary/aromatic N) is 1. The molecular formula is C17H23ClN2O4. The number of amides is 2. The fourth-order valence-corrected chi connectivity index (χ4v) is 2.78. The molecule has 1 aliphatic heterocycles. The first-order valence-corrected chi connectivity index (χ1v) is 8.47. The van der Waals surface area contributed by atoms with Crippen molar-refractivity contribution in [3.05, 3.63) is 23.2 Å². The first kappa shape index (κ1) is 18.5. The summed E-state index contributed by atoms with van der Waals surface area (Å²) in [4.78, 5) is 25.9. The monoisotopic (exact) mass is 354 g/mol. The maximum atomic E-state index is 12.3. The minimum Gasteiger partial charge on any atom is -0.487 e. The second kappa shape index (κ2) is 9.49. The number of halogens is 1. The number of hydrogen-bond acceptors (Lipinski definition) is 4. The van der Waals surface area contributed by atoms with E-state index in [2.05, 4.69) is 5.32 Å². The van der Waals surface area contributed by atoms with E-state index in [1.54, 1.807) is 30.2 Å². The van der Waals surface area contributed by atoms with E-state index >= 15 is 0 Å². The molecule has 1 fully saturated rings. The van der Waals surface area contributed by atoms with E-state index in [4.69, 9.17) is 21.1 Å². The smallest absolute Gasteiger partial charge is 0.244 e. The van der Waals surface area contributed by atoms with Gasteiger partial charge in [-0.3, -0.25) is 9.59 Å². The van der Waals surface area contributed by atoms with Gasteiger partial charge in [-0.1, -0.05) is 24.1 Å². The third-order valence-electron chi connectivity index (χ3n) is 3.78. The van der Waals surface area contributed by atoms with Crippen molar-refractivity contribution in [2.45, 2.75) is 25.7 Å². The number of anilines is 1. The maximum absolute atomic E-state index is 12.3. The number of para-hydroxylation sites is 1. The van der Waals surface area contributed by atoms with E-state index in [9.17, 15) is 9.59 Å². The summed E-state index contributed by atoms with van der Waals surface area (Å²) in [5.41, 5.74) is 0.492. The summed E-state index contributed by atoms with van der Waals surface area (Å²) in [5, 5.41) is 3.20. The Morgan fingerprint density at radius 1 is 1.29 bits per heavy atom. The molecule has 1 N–H and O–H groups in total. The van der Waals surface area contributed by atoms with Gasteiger partial charge in [-0.15, -0.1) is 0 Å². The van der Waals surface area contributed by atoms with Crippen LogP contribution < -0.4 is 10.1 Å². The lowest BCUT2D eigenvalue weighted by Crippen LogP contribution is -2.37. The van der Waals surface area contributed by atoms with E-state index in [-0.39, 0.29) is 18.4 Å². The standard InChI is InChI=1S/C17H23ClN2O4/c1-23-10-11-24-17-13(18)6-5-7-14(17)19-15(21)12-20-9-4-2-3-8-16(20)22/h5-7H,2-4,8-12H2,1H3,(H,19,21).